The van der Waals surface area contributed by atoms with E-state index in [0.29, 0.717) is 6.61 Å². The molecule has 0 saturated carbocycles. The number of benzene rings is 1. The van der Waals surface area contributed by atoms with Gasteiger partial charge in [0, 0.05) is 4.88 Å². The van der Waals surface area contributed by atoms with Crippen molar-refractivity contribution < 1.29 is 4.74 Å². The van der Waals surface area contributed by atoms with Crippen molar-refractivity contribution in [3.63, 3.8) is 0 Å². The molecular formula is C16H17N3OS. The molecule has 2 aromatic heterocycles. The van der Waals surface area contributed by atoms with E-state index in [0.717, 1.165) is 33.3 Å². The van der Waals surface area contributed by atoms with Crippen LogP contribution in [0, 0.1) is 13.8 Å². The minimum atomic E-state index is 0.633. The quantitative estimate of drug-likeness (QED) is 0.773. The van der Waals surface area contributed by atoms with Crippen molar-refractivity contribution in [1.29, 1.82) is 0 Å². The van der Waals surface area contributed by atoms with Crippen molar-refractivity contribution in [2.24, 2.45) is 0 Å². The Labute approximate surface area is 127 Å². The van der Waals surface area contributed by atoms with Crippen LogP contribution < -0.4 is 10.1 Å². The first kappa shape index (κ1) is 13.8. The molecule has 0 amide bonds. The number of nitrogens with zero attached hydrogens (tertiary/aromatic N) is 2. The molecule has 0 aliphatic rings. The lowest BCUT2D eigenvalue weighted by Crippen LogP contribution is -2.00. The van der Waals surface area contributed by atoms with Gasteiger partial charge in [-0.1, -0.05) is 12.1 Å². The average Bonchev–Trinajstić information content (AvgIpc) is 2.81. The maximum absolute atomic E-state index is 5.65. The van der Waals surface area contributed by atoms with Crippen LogP contribution in [-0.4, -0.2) is 16.6 Å². The van der Waals surface area contributed by atoms with Gasteiger partial charge in [-0.15, -0.1) is 11.3 Å². The Morgan fingerprint density at radius 1 is 1.19 bits per heavy atom. The lowest BCUT2D eigenvalue weighted by atomic mass is 10.2. The first-order valence-electron chi connectivity index (χ1n) is 6.91. The van der Waals surface area contributed by atoms with Crippen molar-refractivity contribution in [3.8, 4) is 5.75 Å². The Bertz CT molecular complexity index is 782. The summed E-state index contributed by atoms with van der Waals surface area (Å²) in [6, 6.07) is 10.0. The van der Waals surface area contributed by atoms with Crippen LogP contribution >= 0.6 is 11.3 Å². The number of aromatic nitrogens is 2. The highest BCUT2D eigenvalue weighted by Crippen LogP contribution is 2.33. The van der Waals surface area contributed by atoms with Gasteiger partial charge in [0.15, 0.2) is 0 Å². The number of rotatable bonds is 4. The summed E-state index contributed by atoms with van der Waals surface area (Å²) in [5.41, 5.74) is 0.919. The Kier molecular flexibility index (Phi) is 3.75. The van der Waals surface area contributed by atoms with E-state index in [1.54, 1.807) is 11.3 Å². The molecule has 0 atom stereocenters. The van der Waals surface area contributed by atoms with E-state index in [1.165, 1.54) is 4.88 Å². The van der Waals surface area contributed by atoms with E-state index in [4.69, 9.17) is 4.74 Å². The molecule has 3 rings (SSSR count). The van der Waals surface area contributed by atoms with Gasteiger partial charge >= 0.3 is 0 Å². The summed E-state index contributed by atoms with van der Waals surface area (Å²) < 4.78 is 5.65. The number of fused-ring (bicyclic) bond motifs is 1. The molecule has 0 unspecified atom stereocenters. The molecule has 2 heterocycles. The molecule has 0 aliphatic heterocycles. The molecule has 0 fully saturated rings. The fraction of sp³-hybridized carbons (Fsp3) is 0.250. The van der Waals surface area contributed by atoms with Gasteiger partial charge in [0.2, 0.25) is 0 Å². The topological polar surface area (TPSA) is 47.0 Å². The lowest BCUT2D eigenvalue weighted by Gasteiger charge is -2.12. The van der Waals surface area contributed by atoms with Crippen LogP contribution in [0.5, 0.6) is 5.75 Å². The summed E-state index contributed by atoms with van der Waals surface area (Å²) in [5, 5.41) is 4.44. The lowest BCUT2D eigenvalue weighted by molar-refractivity contribution is 0.342. The van der Waals surface area contributed by atoms with Crippen LogP contribution in [-0.2, 0) is 0 Å². The normalized spacial score (nSPS) is 10.8. The van der Waals surface area contributed by atoms with E-state index in [9.17, 15) is 0 Å². The van der Waals surface area contributed by atoms with Gasteiger partial charge in [-0.25, -0.2) is 9.97 Å². The molecule has 0 aliphatic carbocycles. The number of hydrogen-bond donors (Lipinski definition) is 1. The first-order chi connectivity index (χ1) is 10.2. The van der Waals surface area contributed by atoms with Gasteiger partial charge in [0.1, 0.15) is 22.2 Å². The minimum Gasteiger partial charge on any atom is -0.492 e. The van der Waals surface area contributed by atoms with Gasteiger partial charge in [-0.05, 0) is 39.0 Å². The van der Waals surface area contributed by atoms with Crippen LogP contribution in [0.3, 0.4) is 0 Å². The van der Waals surface area contributed by atoms with Gasteiger partial charge in [0.05, 0.1) is 17.7 Å². The van der Waals surface area contributed by atoms with Crippen molar-refractivity contribution in [1.82, 2.24) is 9.97 Å². The largest absolute Gasteiger partial charge is 0.492 e. The van der Waals surface area contributed by atoms with E-state index in [1.807, 2.05) is 38.1 Å². The second-order valence-electron chi connectivity index (χ2n) is 4.75. The van der Waals surface area contributed by atoms with Gasteiger partial charge in [0.25, 0.3) is 0 Å². The van der Waals surface area contributed by atoms with Crippen LogP contribution in [0.25, 0.3) is 10.2 Å². The predicted molar refractivity (Wildman–Crippen MR) is 87.8 cm³/mol. The minimum absolute atomic E-state index is 0.633. The first-order valence-corrected chi connectivity index (χ1v) is 7.72. The van der Waals surface area contributed by atoms with Crippen LogP contribution in [0.2, 0.25) is 0 Å². The van der Waals surface area contributed by atoms with Crippen molar-refractivity contribution >= 4 is 33.1 Å². The monoisotopic (exact) mass is 299 g/mol. The zero-order valence-corrected chi connectivity index (χ0v) is 13.1. The van der Waals surface area contributed by atoms with E-state index in [2.05, 4.69) is 28.3 Å². The molecule has 1 aromatic carbocycles. The summed E-state index contributed by atoms with van der Waals surface area (Å²) in [6.45, 7) is 6.61. The van der Waals surface area contributed by atoms with E-state index in [-0.39, 0.29) is 0 Å². The fourth-order valence-electron chi connectivity index (χ4n) is 2.22. The maximum Gasteiger partial charge on any atom is 0.143 e. The molecular weight excluding hydrogens is 282 g/mol. The van der Waals surface area contributed by atoms with Crippen LogP contribution in [0.1, 0.15) is 17.6 Å². The maximum atomic E-state index is 5.65. The third-order valence-electron chi connectivity index (χ3n) is 3.07. The summed E-state index contributed by atoms with van der Waals surface area (Å²) >= 11 is 1.68. The highest BCUT2D eigenvalue weighted by atomic mass is 32.1. The van der Waals surface area contributed by atoms with Crippen molar-refractivity contribution in [3.05, 3.63) is 41.0 Å². The molecule has 5 heteroatoms. The summed E-state index contributed by atoms with van der Waals surface area (Å²) in [4.78, 5) is 11.3. The van der Waals surface area contributed by atoms with Gasteiger partial charge in [-0.2, -0.15) is 0 Å². The zero-order chi connectivity index (χ0) is 14.8. The molecule has 1 N–H and O–H groups in total. The highest BCUT2D eigenvalue weighted by molar-refractivity contribution is 7.18. The summed E-state index contributed by atoms with van der Waals surface area (Å²) in [6.07, 6.45) is 0. The number of nitrogens with one attached hydrogen (secondary N) is 1. The second kappa shape index (κ2) is 5.69. The molecule has 108 valence electrons. The summed E-state index contributed by atoms with van der Waals surface area (Å²) in [5.74, 6) is 2.42. The fourth-order valence-corrected chi connectivity index (χ4v) is 3.15. The molecule has 3 aromatic rings. The molecule has 0 spiro atoms. The Morgan fingerprint density at radius 2 is 2.00 bits per heavy atom. The second-order valence-corrected chi connectivity index (χ2v) is 5.98. The van der Waals surface area contributed by atoms with Gasteiger partial charge in [-0.3, -0.25) is 0 Å². The summed E-state index contributed by atoms with van der Waals surface area (Å²) in [7, 11) is 0. The molecule has 21 heavy (non-hydrogen) atoms. The molecule has 0 bridgehead atoms. The third-order valence-corrected chi connectivity index (χ3v) is 4.01. The number of ether oxygens (including phenoxy) is 1. The van der Waals surface area contributed by atoms with Crippen molar-refractivity contribution in [2.75, 3.05) is 11.9 Å². The number of para-hydroxylation sites is 2. The van der Waals surface area contributed by atoms with E-state index < -0.39 is 0 Å². The standard InChI is InChI=1S/C16H17N3OS/c1-4-20-14-8-6-5-7-13(14)19-15-12-9-10(2)21-16(12)18-11(3)17-15/h5-9H,4H2,1-3H3,(H,17,18,19). The smallest absolute Gasteiger partial charge is 0.143 e. The molecule has 4 nitrogen and oxygen atoms in total. The number of anilines is 2. The molecule has 0 saturated heterocycles. The van der Waals surface area contributed by atoms with Crippen LogP contribution in [0.4, 0.5) is 11.5 Å². The van der Waals surface area contributed by atoms with Gasteiger partial charge < -0.3 is 10.1 Å². The van der Waals surface area contributed by atoms with E-state index >= 15 is 0 Å². The zero-order valence-electron chi connectivity index (χ0n) is 12.3. The average molecular weight is 299 g/mol. The van der Waals surface area contributed by atoms with Crippen LogP contribution in [0.15, 0.2) is 30.3 Å². The number of thiophene rings is 1. The Morgan fingerprint density at radius 3 is 2.81 bits per heavy atom. The Balaban J connectivity index is 2.05. The van der Waals surface area contributed by atoms with Crippen molar-refractivity contribution in [2.45, 2.75) is 20.8 Å². The SMILES string of the molecule is CCOc1ccccc1Nc1nc(C)nc2sc(C)cc12. The molecule has 0 radical (unpaired) electrons. The number of hydrogen-bond acceptors (Lipinski definition) is 5. The Hall–Kier alpha value is -2.14. The predicted octanol–water partition coefficient (Wildman–Crippen LogP) is 4.45. The highest BCUT2D eigenvalue weighted by Gasteiger charge is 2.11. The number of aryl methyl sites for hydroxylation is 2. The third kappa shape index (κ3) is 2.83.